The molecule has 0 unspecified atom stereocenters. The molecule has 1 aromatic rings. The maximum absolute atomic E-state index is 13.5. The van der Waals surface area contributed by atoms with E-state index in [1.54, 1.807) is 0 Å². The van der Waals surface area contributed by atoms with Crippen molar-refractivity contribution >= 4 is 15.7 Å². The van der Waals surface area contributed by atoms with Crippen LogP contribution in [0.4, 0.5) is 10.1 Å². The Hall–Kier alpha value is -1.62. The highest BCUT2D eigenvalue weighted by molar-refractivity contribution is 7.92. The van der Waals surface area contributed by atoms with Crippen molar-refractivity contribution in [2.24, 2.45) is 5.73 Å². The Morgan fingerprint density at radius 1 is 1.43 bits per heavy atom. The first kappa shape index (κ1) is 17.4. The van der Waals surface area contributed by atoms with Gasteiger partial charge in [0, 0.05) is 5.69 Å². The van der Waals surface area contributed by atoms with E-state index in [0.717, 1.165) is 6.07 Å². The first-order chi connectivity index (χ1) is 9.84. The molecule has 0 aliphatic heterocycles. The van der Waals surface area contributed by atoms with Crippen LogP contribution >= 0.6 is 0 Å². The van der Waals surface area contributed by atoms with Gasteiger partial charge in [0.05, 0.1) is 30.6 Å². The standard InChI is InChI=1S/C14H19FN2O3S/c1-11(2)20-8-9-21(18,19)17-13-5-6-14(15)12(10-13)4-3-7-16/h5-6,10-11,17H,7-9,16H2,1-2H3. The number of rotatable bonds is 6. The average Bonchev–Trinajstić information content (AvgIpc) is 2.38. The van der Waals surface area contributed by atoms with Crippen LogP contribution in [0.25, 0.3) is 0 Å². The number of anilines is 1. The fraction of sp³-hybridized carbons (Fsp3) is 0.429. The maximum Gasteiger partial charge on any atom is 0.235 e. The summed E-state index contributed by atoms with van der Waals surface area (Å²) < 4.78 is 44.7. The Kier molecular flexibility index (Phi) is 6.62. The molecule has 1 rings (SSSR count). The van der Waals surface area contributed by atoms with Crippen LogP contribution in [0.3, 0.4) is 0 Å². The Morgan fingerprint density at radius 3 is 2.76 bits per heavy atom. The van der Waals surface area contributed by atoms with Crippen LogP contribution in [0.2, 0.25) is 0 Å². The summed E-state index contributed by atoms with van der Waals surface area (Å²) in [6, 6.07) is 3.83. The molecule has 0 saturated carbocycles. The van der Waals surface area contributed by atoms with Crippen LogP contribution in [0, 0.1) is 17.7 Å². The summed E-state index contributed by atoms with van der Waals surface area (Å²) in [4.78, 5) is 0. The van der Waals surface area contributed by atoms with E-state index in [4.69, 9.17) is 10.5 Å². The van der Waals surface area contributed by atoms with Gasteiger partial charge in [0.1, 0.15) is 5.82 Å². The Labute approximate surface area is 124 Å². The highest BCUT2D eigenvalue weighted by Crippen LogP contribution is 2.15. The highest BCUT2D eigenvalue weighted by atomic mass is 32.2. The number of benzene rings is 1. The van der Waals surface area contributed by atoms with Gasteiger partial charge in [-0.1, -0.05) is 11.8 Å². The molecule has 5 nitrogen and oxygen atoms in total. The predicted molar refractivity (Wildman–Crippen MR) is 80.8 cm³/mol. The predicted octanol–water partition coefficient (Wildman–Crippen LogP) is 1.30. The van der Waals surface area contributed by atoms with Crippen molar-refractivity contribution in [2.45, 2.75) is 20.0 Å². The third kappa shape index (κ3) is 6.58. The van der Waals surface area contributed by atoms with Crippen molar-refractivity contribution in [1.82, 2.24) is 0 Å². The zero-order valence-corrected chi connectivity index (χ0v) is 12.8. The maximum atomic E-state index is 13.5. The number of ether oxygens (including phenoxy) is 1. The summed E-state index contributed by atoms with van der Waals surface area (Å²) in [5, 5.41) is 0. The zero-order valence-electron chi connectivity index (χ0n) is 12.0. The average molecular weight is 314 g/mol. The van der Waals surface area contributed by atoms with Gasteiger partial charge in [-0.15, -0.1) is 0 Å². The second-order valence-electron chi connectivity index (χ2n) is 4.54. The van der Waals surface area contributed by atoms with Gasteiger partial charge in [0.25, 0.3) is 0 Å². The summed E-state index contributed by atoms with van der Waals surface area (Å²) >= 11 is 0. The van der Waals surface area contributed by atoms with E-state index >= 15 is 0 Å². The fourth-order valence-corrected chi connectivity index (χ4v) is 2.36. The minimum Gasteiger partial charge on any atom is -0.378 e. The third-order valence-corrected chi connectivity index (χ3v) is 3.62. The molecule has 0 amide bonds. The van der Waals surface area contributed by atoms with Crippen molar-refractivity contribution < 1.29 is 17.5 Å². The monoisotopic (exact) mass is 314 g/mol. The van der Waals surface area contributed by atoms with Crippen LogP contribution < -0.4 is 10.5 Å². The second-order valence-corrected chi connectivity index (χ2v) is 6.38. The molecule has 0 radical (unpaired) electrons. The van der Waals surface area contributed by atoms with Crippen LogP contribution in [-0.4, -0.2) is 33.4 Å². The van der Waals surface area contributed by atoms with E-state index in [1.165, 1.54) is 12.1 Å². The molecule has 0 bridgehead atoms. The molecule has 0 aromatic heterocycles. The van der Waals surface area contributed by atoms with Crippen molar-refractivity contribution in [2.75, 3.05) is 23.6 Å². The molecular weight excluding hydrogens is 295 g/mol. The second kappa shape index (κ2) is 7.98. The van der Waals surface area contributed by atoms with E-state index in [1.807, 2.05) is 13.8 Å². The number of nitrogens with two attached hydrogens (primary N) is 1. The van der Waals surface area contributed by atoms with Crippen molar-refractivity contribution in [3.8, 4) is 11.8 Å². The lowest BCUT2D eigenvalue weighted by Crippen LogP contribution is -2.21. The minimum absolute atomic E-state index is 0.0378. The number of hydrogen-bond donors (Lipinski definition) is 2. The van der Waals surface area contributed by atoms with E-state index in [-0.39, 0.29) is 36.3 Å². The fourth-order valence-electron chi connectivity index (χ4n) is 1.45. The Morgan fingerprint density at radius 2 is 2.14 bits per heavy atom. The van der Waals surface area contributed by atoms with Crippen LogP contribution in [0.1, 0.15) is 19.4 Å². The van der Waals surface area contributed by atoms with Crippen molar-refractivity contribution in [3.63, 3.8) is 0 Å². The summed E-state index contributed by atoms with van der Waals surface area (Å²) in [6.45, 7) is 3.83. The van der Waals surface area contributed by atoms with Gasteiger partial charge in [-0.2, -0.15) is 0 Å². The summed E-state index contributed by atoms with van der Waals surface area (Å²) in [7, 11) is -3.55. The Balaban J connectivity index is 2.78. The summed E-state index contributed by atoms with van der Waals surface area (Å²) in [5.74, 6) is 4.37. The number of hydrogen-bond acceptors (Lipinski definition) is 4. The van der Waals surface area contributed by atoms with Gasteiger partial charge >= 0.3 is 0 Å². The highest BCUT2D eigenvalue weighted by Gasteiger charge is 2.12. The van der Waals surface area contributed by atoms with E-state index in [0.29, 0.717) is 0 Å². The zero-order chi connectivity index (χ0) is 15.9. The molecule has 0 heterocycles. The first-order valence-corrected chi connectivity index (χ1v) is 8.10. The molecule has 7 heteroatoms. The normalized spacial score (nSPS) is 11.1. The van der Waals surface area contributed by atoms with Gasteiger partial charge in [-0.05, 0) is 32.0 Å². The molecule has 0 aliphatic carbocycles. The molecule has 3 N–H and O–H groups in total. The minimum atomic E-state index is -3.55. The molecule has 0 saturated heterocycles. The van der Waals surface area contributed by atoms with Gasteiger partial charge in [0.15, 0.2) is 0 Å². The lowest BCUT2D eigenvalue weighted by molar-refractivity contribution is 0.0913. The molecule has 21 heavy (non-hydrogen) atoms. The van der Waals surface area contributed by atoms with Crippen molar-refractivity contribution in [1.29, 1.82) is 0 Å². The molecule has 116 valence electrons. The van der Waals surface area contributed by atoms with Crippen LogP contribution in [0.5, 0.6) is 0 Å². The van der Waals surface area contributed by atoms with Gasteiger partial charge in [-0.25, -0.2) is 12.8 Å². The number of halogens is 1. The molecule has 0 atom stereocenters. The summed E-state index contributed by atoms with van der Waals surface area (Å²) in [6.07, 6.45) is -0.0378. The number of sulfonamides is 1. The summed E-state index contributed by atoms with van der Waals surface area (Å²) in [5.41, 5.74) is 5.57. The largest absolute Gasteiger partial charge is 0.378 e. The lowest BCUT2D eigenvalue weighted by atomic mass is 10.2. The smallest absolute Gasteiger partial charge is 0.235 e. The van der Waals surface area contributed by atoms with E-state index < -0.39 is 15.8 Å². The van der Waals surface area contributed by atoms with Gasteiger partial charge in [-0.3, -0.25) is 4.72 Å². The van der Waals surface area contributed by atoms with Gasteiger partial charge in [0.2, 0.25) is 10.0 Å². The lowest BCUT2D eigenvalue weighted by Gasteiger charge is -2.10. The molecule has 0 fully saturated rings. The third-order valence-electron chi connectivity index (χ3n) is 2.37. The molecular formula is C14H19FN2O3S. The van der Waals surface area contributed by atoms with Crippen LogP contribution in [-0.2, 0) is 14.8 Å². The molecule has 1 aromatic carbocycles. The SMILES string of the molecule is CC(C)OCCS(=O)(=O)Nc1ccc(F)c(C#CCN)c1. The number of nitrogens with one attached hydrogen (secondary N) is 1. The van der Waals surface area contributed by atoms with Crippen molar-refractivity contribution in [3.05, 3.63) is 29.6 Å². The van der Waals surface area contributed by atoms with Crippen LogP contribution in [0.15, 0.2) is 18.2 Å². The van der Waals surface area contributed by atoms with E-state index in [9.17, 15) is 12.8 Å². The topological polar surface area (TPSA) is 81.4 Å². The van der Waals surface area contributed by atoms with E-state index in [2.05, 4.69) is 16.6 Å². The molecule has 0 aliphatic rings. The Bertz CT molecular complexity index is 633. The first-order valence-electron chi connectivity index (χ1n) is 6.44. The quantitative estimate of drug-likeness (QED) is 0.776. The van der Waals surface area contributed by atoms with Gasteiger partial charge < -0.3 is 10.5 Å². The molecule has 0 spiro atoms.